The molecule has 1 aliphatic rings. The molecule has 7 nitrogen and oxygen atoms in total. The van der Waals surface area contributed by atoms with Crippen LogP contribution in [0.25, 0.3) is 0 Å². The highest BCUT2D eigenvalue weighted by molar-refractivity contribution is 5.85. The fourth-order valence-corrected chi connectivity index (χ4v) is 5.66. The van der Waals surface area contributed by atoms with Crippen molar-refractivity contribution in [3.05, 3.63) is 47.5 Å². The molecule has 0 spiro atoms. The molecule has 0 bridgehead atoms. The van der Waals surface area contributed by atoms with E-state index in [1.165, 1.54) is 18.4 Å². The van der Waals surface area contributed by atoms with Crippen LogP contribution in [-0.2, 0) is 17.8 Å². The van der Waals surface area contributed by atoms with Gasteiger partial charge in [-0.3, -0.25) is 4.79 Å². The fourth-order valence-electron chi connectivity index (χ4n) is 5.66. The quantitative estimate of drug-likeness (QED) is 0.246. The smallest absolute Gasteiger partial charge is 0.229 e. The Morgan fingerprint density at radius 2 is 1.51 bits per heavy atom. The van der Waals surface area contributed by atoms with Gasteiger partial charge in [0.25, 0.3) is 0 Å². The Morgan fingerprint density at radius 3 is 2.08 bits per heavy atom. The lowest BCUT2D eigenvalue weighted by molar-refractivity contribution is -0.137. The molecule has 1 atom stereocenters. The predicted molar refractivity (Wildman–Crippen MR) is 156 cm³/mol. The number of methoxy groups -OCH3 is 4. The van der Waals surface area contributed by atoms with Crippen LogP contribution in [0.4, 0.5) is 0 Å². The number of rotatable bonds is 17. The van der Waals surface area contributed by atoms with Crippen LogP contribution in [0.2, 0.25) is 0 Å². The van der Waals surface area contributed by atoms with Crippen LogP contribution in [-0.4, -0.2) is 70.3 Å². The zero-order valence-corrected chi connectivity index (χ0v) is 24.9. The molecule has 39 heavy (non-hydrogen) atoms. The van der Waals surface area contributed by atoms with Gasteiger partial charge in [-0.2, -0.15) is 0 Å². The summed E-state index contributed by atoms with van der Waals surface area (Å²) in [6.45, 7) is 8.88. The van der Waals surface area contributed by atoms with Crippen LogP contribution in [0.15, 0.2) is 36.4 Å². The maximum absolute atomic E-state index is 14.2. The highest BCUT2D eigenvalue weighted by atomic mass is 16.5. The third-order valence-corrected chi connectivity index (χ3v) is 8.02. The average Bonchev–Trinajstić information content (AvgIpc) is 3.27. The number of unbranched alkanes of at least 4 members (excludes halogenated alkanes) is 1. The van der Waals surface area contributed by atoms with Crippen molar-refractivity contribution in [2.75, 3.05) is 54.6 Å². The number of carbonyl (C=O) groups is 1. The summed E-state index contributed by atoms with van der Waals surface area (Å²) in [5, 5.41) is 0. The van der Waals surface area contributed by atoms with Gasteiger partial charge in [-0.05, 0) is 93.6 Å². The largest absolute Gasteiger partial charge is 0.497 e. The molecule has 1 amide bonds. The van der Waals surface area contributed by atoms with Crippen LogP contribution in [0.1, 0.15) is 63.5 Å². The molecule has 1 heterocycles. The maximum atomic E-state index is 14.2. The number of ether oxygens (including phenoxy) is 4. The Labute approximate surface area is 235 Å². The molecule has 3 rings (SSSR count). The lowest BCUT2D eigenvalue weighted by atomic mass is 9.77. The monoisotopic (exact) mass is 540 g/mol. The van der Waals surface area contributed by atoms with Gasteiger partial charge >= 0.3 is 0 Å². The normalized spacial score (nSPS) is 17.1. The zero-order chi connectivity index (χ0) is 28.3. The van der Waals surface area contributed by atoms with Crippen molar-refractivity contribution in [1.29, 1.82) is 0 Å². The summed E-state index contributed by atoms with van der Waals surface area (Å²) >= 11 is 0. The molecule has 0 saturated carbocycles. The minimum Gasteiger partial charge on any atom is -0.497 e. The van der Waals surface area contributed by atoms with Crippen LogP contribution < -0.4 is 18.9 Å². The summed E-state index contributed by atoms with van der Waals surface area (Å²) < 4.78 is 21.9. The van der Waals surface area contributed by atoms with Gasteiger partial charge in [0.05, 0.1) is 33.9 Å². The number of aryl methyl sites for hydroxylation is 1. The van der Waals surface area contributed by atoms with E-state index in [-0.39, 0.29) is 11.3 Å². The van der Waals surface area contributed by atoms with Gasteiger partial charge in [0, 0.05) is 13.1 Å². The Hall–Kier alpha value is -2.93. The molecular weight excluding hydrogens is 492 g/mol. The maximum Gasteiger partial charge on any atom is 0.229 e. The summed E-state index contributed by atoms with van der Waals surface area (Å²) in [5.74, 6) is 2.89. The number of likely N-dealkylation sites (tertiary alicyclic amines) is 1. The van der Waals surface area contributed by atoms with Crippen LogP contribution >= 0.6 is 0 Å². The first kappa shape index (κ1) is 30.6. The van der Waals surface area contributed by atoms with Crippen molar-refractivity contribution in [2.45, 2.75) is 65.3 Å². The molecule has 1 aliphatic heterocycles. The lowest BCUT2D eigenvalue weighted by Gasteiger charge is -2.31. The van der Waals surface area contributed by atoms with E-state index in [2.05, 4.69) is 30.9 Å². The summed E-state index contributed by atoms with van der Waals surface area (Å²) in [7, 11) is 6.52. The minimum atomic E-state index is -0.362. The summed E-state index contributed by atoms with van der Waals surface area (Å²) in [4.78, 5) is 18.7. The van der Waals surface area contributed by atoms with E-state index in [0.29, 0.717) is 23.8 Å². The van der Waals surface area contributed by atoms with E-state index in [4.69, 9.17) is 18.9 Å². The number of benzene rings is 2. The second kappa shape index (κ2) is 15.0. The number of hydrogen-bond donors (Lipinski definition) is 0. The van der Waals surface area contributed by atoms with Crippen LogP contribution in [0.5, 0.6) is 23.0 Å². The van der Waals surface area contributed by atoms with Gasteiger partial charge in [0.2, 0.25) is 11.7 Å². The zero-order valence-electron chi connectivity index (χ0n) is 24.9. The van der Waals surface area contributed by atoms with Gasteiger partial charge in [-0.15, -0.1) is 0 Å². The highest BCUT2D eigenvalue weighted by Crippen LogP contribution is 2.43. The number of carbonyl (C=O) groups excluding carboxylic acids is 1. The highest BCUT2D eigenvalue weighted by Gasteiger charge is 2.46. The Bertz CT molecular complexity index is 1020. The van der Waals surface area contributed by atoms with Crippen molar-refractivity contribution >= 4 is 5.91 Å². The minimum absolute atomic E-state index is 0.261. The molecule has 0 aliphatic carbocycles. The first-order chi connectivity index (χ1) is 18.9. The molecule has 2 aromatic carbocycles. The molecule has 0 N–H and O–H groups in total. The van der Waals surface area contributed by atoms with Crippen molar-refractivity contribution < 1.29 is 23.7 Å². The summed E-state index contributed by atoms with van der Waals surface area (Å²) in [6.07, 6.45) is 6.99. The van der Waals surface area contributed by atoms with E-state index in [9.17, 15) is 4.79 Å². The molecule has 0 aromatic heterocycles. The molecule has 0 radical (unpaired) electrons. The van der Waals surface area contributed by atoms with Crippen molar-refractivity contribution in [2.24, 2.45) is 5.41 Å². The topological polar surface area (TPSA) is 60.5 Å². The first-order valence-corrected chi connectivity index (χ1v) is 14.4. The molecule has 7 heteroatoms. The van der Waals surface area contributed by atoms with Crippen molar-refractivity contribution in [1.82, 2.24) is 9.80 Å². The third-order valence-electron chi connectivity index (χ3n) is 8.02. The molecular formula is C32H48N2O5. The van der Waals surface area contributed by atoms with Crippen molar-refractivity contribution in [3.8, 4) is 23.0 Å². The van der Waals surface area contributed by atoms with E-state index < -0.39 is 0 Å². The number of nitrogens with zero attached hydrogens (tertiary/aromatic N) is 2. The van der Waals surface area contributed by atoms with E-state index in [0.717, 1.165) is 69.6 Å². The van der Waals surface area contributed by atoms with Gasteiger partial charge in [0.15, 0.2) is 11.5 Å². The molecule has 1 fully saturated rings. The average molecular weight is 541 g/mol. The van der Waals surface area contributed by atoms with Crippen LogP contribution in [0, 0.1) is 5.41 Å². The standard InChI is InChI=1S/C32H48N2O5/c1-7-9-19-33(18-8-2)20-16-32(15-14-25-10-12-27(36-3)13-11-25)17-21-34(31(32)35)24-26-22-28(37-4)30(39-6)29(23-26)38-5/h10-13,22-23H,7-9,14-21,24H2,1-6H3. The first-order valence-electron chi connectivity index (χ1n) is 14.4. The Morgan fingerprint density at radius 1 is 0.821 bits per heavy atom. The number of hydrogen-bond acceptors (Lipinski definition) is 6. The Balaban J connectivity index is 1.81. The second-order valence-electron chi connectivity index (χ2n) is 10.6. The van der Waals surface area contributed by atoms with Crippen molar-refractivity contribution in [3.63, 3.8) is 0 Å². The molecule has 1 saturated heterocycles. The van der Waals surface area contributed by atoms with E-state index in [1.54, 1.807) is 28.4 Å². The fraction of sp³-hybridized carbons (Fsp3) is 0.594. The molecule has 1 unspecified atom stereocenters. The third kappa shape index (κ3) is 7.81. The SMILES string of the molecule is CCCCN(CCC)CCC1(CCc2ccc(OC)cc2)CCN(Cc2cc(OC)c(OC)c(OC)c2)C1=O. The summed E-state index contributed by atoms with van der Waals surface area (Å²) in [6, 6.07) is 12.1. The van der Waals surface area contributed by atoms with Crippen LogP contribution in [0.3, 0.4) is 0 Å². The van der Waals surface area contributed by atoms with E-state index in [1.807, 2.05) is 29.2 Å². The lowest BCUT2D eigenvalue weighted by Crippen LogP contribution is -2.38. The van der Waals surface area contributed by atoms with Gasteiger partial charge in [0.1, 0.15) is 5.75 Å². The summed E-state index contributed by atoms with van der Waals surface area (Å²) in [5.41, 5.74) is 1.85. The van der Waals surface area contributed by atoms with Gasteiger partial charge < -0.3 is 28.7 Å². The second-order valence-corrected chi connectivity index (χ2v) is 10.6. The van der Waals surface area contributed by atoms with Gasteiger partial charge in [-0.1, -0.05) is 32.4 Å². The Kier molecular flexibility index (Phi) is 11.8. The molecule has 2 aromatic rings. The predicted octanol–water partition coefficient (Wildman–Crippen LogP) is 5.97. The van der Waals surface area contributed by atoms with E-state index >= 15 is 0 Å². The van der Waals surface area contributed by atoms with Gasteiger partial charge in [-0.25, -0.2) is 0 Å². The number of amides is 1. The molecule has 216 valence electrons.